The first-order chi connectivity index (χ1) is 5.18. The van der Waals surface area contributed by atoms with Crippen molar-refractivity contribution in [3.63, 3.8) is 0 Å². The molecule has 1 rings (SSSR count). The maximum Gasteiger partial charge on any atom is 0.00502 e. The lowest BCUT2D eigenvalue weighted by Crippen LogP contribution is -1.99. The summed E-state index contributed by atoms with van der Waals surface area (Å²) in [7, 11) is 0. The second-order valence-corrected chi connectivity index (χ2v) is 5.86. The SMILES string of the molecule is CC(C)CCC1CCC(C)S1. The minimum absolute atomic E-state index is 0.895. The summed E-state index contributed by atoms with van der Waals surface area (Å²) in [6.45, 7) is 7.01. The second-order valence-electron chi connectivity index (χ2n) is 4.12. The number of thioether (sulfide) groups is 1. The third-order valence-electron chi connectivity index (χ3n) is 2.39. The third kappa shape index (κ3) is 3.50. The van der Waals surface area contributed by atoms with E-state index in [1.807, 2.05) is 0 Å². The smallest absolute Gasteiger partial charge is 0.00502 e. The minimum Gasteiger partial charge on any atom is -0.155 e. The number of rotatable bonds is 3. The van der Waals surface area contributed by atoms with Gasteiger partial charge in [0.15, 0.2) is 0 Å². The molecule has 0 aromatic rings. The van der Waals surface area contributed by atoms with E-state index in [1.165, 1.54) is 25.7 Å². The Morgan fingerprint density at radius 3 is 2.55 bits per heavy atom. The molecule has 1 aliphatic heterocycles. The first-order valence-electron chi connectivity index (χ1n) is 4.84. The van der Waals surface area contributed by atoms with E-state index in [-0.39, 0.29) is 0 Å². The van der Waals surface area contributed by atoms with Crippen LogP contribution in [0.15, 0.2) is 0 Å². The molecule has 0 aliphatic carbocycles. The van der Waals surface area contributed by atoms with Gasteiger partial charge in [0.2, 0.25) is 0 Å². The lowest BCUT2D eigenvalue weighted by molar-refractivity contribution is 0.538. The van der Waals surface area contributed by atoms with Gasteiger partial charge in [-0.25, -0.2) is 0 Å². The van der Waals surface area contributed by atoms with Gasteiger partial charge >= 0.3 is 0 Å². The zero-order valence-electron chi connectivity index (χ0n) is 7.97. The maximum absolute atomic E-state index is 2.36. The minimum atomic E-state index is 0.895. The summed E-state index contributed by atoms with van der Waals surface area (Å²) in [5, 5.41) is 1.93. The molecule has 0 aromatic heterocycles. The predicted molar refractivity (Wildman–Crippen MR) is 54.1 cm³/mol. The highest BCUT2D eigenvalue weighted by Gasteiger charge is 2.21. The Labute approximate surface area is 75.1 Å². The lowest BCUT2D eigenvalue weighted by atomic mass is 10.0. The van der Waals surface area contributed by atoms with Gasteiger partial charge in [0, 0.05) is 10.5 Å². The molecular formula is C10H20S. The molecule has 1 aliphatic rings. The van der Waals surface area contributed by atoms with Crippen molar-refractivity contribution in [3.05, 3.63) is 0 Å². The highest BCUT2D eigenvalue weighted by Crippen LogP contribution is 2.36. The van der Waals surface area contributed by atoms with Crippen LogP contribution in [0.25, 0.3) is 0 Å². The van der Waals surface area contributed by atoms with Crippen LogP contribution in [0.2, 0.25) is 0 Å². The topological polar surface area (TPSA) is 0 Å². The van der Waals surface area contributed by atoms with Crippen molar-refractivity contribution < 1.29 is 0 Å². The van der Waals surface area contributed by atoms with Gasteiger partial charge < -0.3 is 0 Å². The Balaban J connectivity index is 2.08. The molecule has 11 heavy (non-hydrogen) atoms. The monoisotopic (exact) mass is 172 g/mol. The molecule has 0 amide bonds. The second kappa shape index (κ2) is 4.39. The van der Waals surface area contributed by atoms with Crippen LogP contribution in [0.5, 0.6) is 0 Å². The maximum atomic E-state index is 2.36. The van der Waals surface area contributed by atoms with Crippen molar-refractivity contribution in [2.24, 2.45) is 5.92 Å². The Morgan fingerprint density at radius 2 is 2.09 bits per heavy atom. The molecular weight excluding hydrogens is 152 g/mol. The molecule has 0 aromatic carbocycles. The van der Waals surface area contributed by atoms with Crippen LogP contribution in [0.3, 0.4) is 0 Å². The average molecular weight is 172 g/mol. The van der Waals surface area contributed by atoms with Crippen molar-refractivity contribution in [2.45, 2.75) is 57.0 Å². The Morgan fingerprint density at radius 1 is 1.36 bits per heavy atom. The first kappa shape index (κ1) is 9.44. The van der Waals surface area contributed by atoms with Crippen molar-refractivity contribution in [3.8, 4) is 0 Å². The Bertz CT molecular complexity index is 109. The molecule has 0 spiro atoms. The van der Waals surface area contributed by atoms with Gasteiger partial charge in [0.1, 0.15) is 0 Å². The van der Waals surface area contributed by atoms with Crippen LogP contribution in [-0.2, 0) is 0 Å². The number of hydrogen-bond acceptors (Lipinski definition) is 1. The van der Waals surface area contributed by atoms with Crippen LogP contribution in [0.4, 0.5) is 0 Å². The molecule has 0 N–H and O–H groups in total. The molecule has 66 valence electrons. The fourth-order valence-corrected chi connectivity index (χ4v) is 3.09. The lowest BCUT2D eigenvalue weighted by Gasteiger charge is -2.10. The highest BCUT2D eigenvalue weighted by atomic mass is 32.2. The van der Waals surface area contributed by atoms with E-state index in [2.05, 4.69) is 32.5 Å². The third-order valence-corrected chi connectivity index (χ3v) is 3.94. The van der Waals surface area contributed by atoms with Gasteiger partial charge in [-0.1, -0.05) is 20.8 Å². The van der Waals surface area contributed by atoms with E-state index < -0.39 is 0 Å². The molecule has 2 unspecified atom stereocenters. The van der Waals surface area contributed by atoms with Crippen molar-refractivity contribution >= 4 is 11.8 Å². The van der Waals surface area contributed by atoms with E-state index in [0.717, 1.165) is 16.4 Å². The van der Waals surface area contributed by atoms with E-state index >= 15 is 0 Å². The van der Waals surface area contributed by atoms with Gasteiger partial charge in [-0.15, -0.1) is 0 Å². The summed E-state index contributed by atoms with van der Waals surface area (Å²) in [4.78, 5) is 0. The fourth-order valence-electron chi connectivity index (χ4n) is 1.62. The highest BCUT2D eigenvalue weighted by molar-refractivity contribution is 8.00. The number of hydrogen-bond donors (Lipinski definition) is 0. The van der Waals surface area contributed by atoms with Crippen LogP contribution in [-0.4, -0.2) is 10.5 Å². The summed E-state index contributed by atoms with van der Waals surface area (Å²) >= 11 is 2.21. The summed E-state index contributed by atoms with van der Waals surface area (Å²) in [6.07, 6.45) is 5.79. The van der Waals surface area contributed by atoms with Crippen LogP contribution in [0, 0.1) is 5.92 Å². The molecule has 1 saturated heterocycles. The zero-order valence-corrected chi connectivity index (χ0v) is 8.79. The first-order valence-corrected chi connectivity index (χ1v) is 5.78. The molecule has 0 radical (unpaired) electrons. The van der Waals surface area contributed by atoms with E-state index in [9.17, 15) is 0 Å². The quantitative estimate of drug-likeness (QED) is 0.625. The van der Waals surface area contributed by atoms with Gasteiger partial charge in [-0.05, 0) is 31.6 Å². The standard InChI is InChI=1S/C10H20S/c1-8(2)4-6-10-7-5-9(3)11-10/h8-10H,4-7H2,1-3H3. The molecule has 0 saturated carbocycles. The summed E-state index contributed by atoms with van der Waals surface area (Å²) in [6, 6.07) is 0. The average Bonchev–Trinajstić information content (AvgIpc) is 2.31. The van der Waals surface area contributed by atoms with Crippen LogP contribution < -0.4 is 0 Å². The largest absolute Gasteiger partial charge is 0.155 e. The Hall–Kier alpha value is 0.350. The summed E-state index contributed by atoms with van der Waals surface area (Å²) in [5.74, 6) is 0.895. The van der Waals surface area contributed by atoms with E-state index in [0.29, 0.717) is 0 Å². The van der Waals surface area contributed by atoms with Crippen molar-refractivity contribution in [2.75, 3.05) is 0 Å². The predicted octanol–water partition coefficient (Wildman–Crippen LogP) is 3.71. The van der Waals surface area contributed by atoms with Gasteiger partial charge in [0.25, 0.3) is 0 Å². The van der Waals surface area contributed by atoms with E-state index in [1.54, 1.807) is 0 Å². The summed E-state index contributed by atoms with van der Waals surface area (Å²) in [5.41, 5.74) is 0. The van der Waals surface area contributed by atoms with Crippen molar-refractivity contribution in [1.82, 2.24) is 0 Å². The van der Waals surface area contributed by atoms with Crippen molar-refractivity contribution in [1.29, 1.82) is 0 Å². The van der Waals surface area contributed by atoms with Crippen LogP contribution >= 0.6 is 11.8 Å². The van der Waals surface area contributed by atoms with Gasteiger partial charge in [-0.3, -0.25) is 0 Å². The normalized spacial score (nSPS) is 31.6. The molecule has 2 atom stereocenters. The Kier molecular flexibility index (Phi) is 3.77. The molecule has 0 nitrogen and oxygen atoms in total. The fraction of sp³-hybridized carbons (Fsp3) is 1.00. The van der Waals surface area contributed by atoms with Gasteiger partial charge in [-0.2, -0.15) is 11.8 Å². The van der Waals surface area contributed by atoms with Crippen LogP contribution in [0.1, 0.15) is 46.5 Å². The molecule has 1 heterocycles. The van der Waals surface area contributed by atoms with E-state index in [4.69, 9.17) is 0 Å². The zero-order chi connectivity index (χ0) is 8.27. The molecule has 0 bridgehead atoms. The molecule has 1 fully saturated rings. The van der Waals surface area contributed by atoms with Gasteiger partial charge in [0.05, 0.1) is 0 Å². The summed E-state index contributed by atoms with van der Waals surface area (Å²) < 4.78 is 0. The molecule has 1 heteroatoms.